The molecule has 80 valence electrons. The monoisotopic (exact) mass is 203 g/mol. The lowest BCUT2D eigenvalue weighted by atomic mass is 9.91. The van der Waals surface area contributed by atoms with Gasteiger partial charge in [-0.05, 0) is 24.0 Å². The van der Waals surface area contributed by atoms with Crippen LogP contribution in [-0.4, -0.2) is 11.8 Å². The lowest BCUT2D eigenvalue weighted by Gasteiger charge is -2.26. The number of hydrogen-bond acceptors (Lipinski definition) is 2. The van der Waals surface area contributed by atoms with Crippen LogP contribution in [0, 0.1) is 5.92 Å². The number of hydrogen-bond donors (Lipinski definition) is 1. The number of ketones is 1. The average molecular weight is 203 g/mol. The predicted molar refractivity (Wildman–Crippen MR) is 62.0 cm³/mol. The fourth-order valence-electron chi connectivity index (χ4n) is 2.06. The van der Waals surface area contributed by atoms with Crippen LogP contribution in [0.1, 0.15) is 25.8 Å². The highest BCUT2D eigenvalue weighted by atomic mass is 16.1. The number of fused-ring (bicyclic) bond motifs is 1. The van der Waals surface area contributed by atoms with Crippen LogP contribution in [-0.2, 0) is 11.2 Å². The van der Waals surface area contributed by atoms with E-state index in [1.54, 1.807) is 0 Å². The van der Waals surface area contributed by atoms with Gasteiger partial charge in [0.15, 0.2) is 5.78 Å². The zero-order valence-electron chi connectivity index (χ0n) is 9.29. The van der Waals surface area contributed by atoms with Crippen LogP contribution in [0.2, 0.25) is 0 Å². The summed E-state index contributed by atoms with van der Waals surface area (Å²) in [5, 5.41) is 3.33. The summed E-state index contributed by atoms with van der Waals surface area (Å²) in [6.07, 6.45) is 1.51. The summed E-state index contributed by atoms with van der Waals surface area (Å²) in [6.45, 7) is 4.30. The first-order valence-corrected chi connectivity index (χ1v) is 5.54. The molecule has 0 radical (unpaired) electrons. The van der Waals surface area contributed by atoms with Gasteiger partial charge >= 0.3 is 0 Å². The van der Waals surface area contributed by atoms with Crippen molar-refractivity contribution in [3.05, 3.63) is 29.8 Å². The Morgan fingerprint density at radius 3 is 2.87 bits per heavy atom. The molecule has 1 heterocycles. The molecule has 0 amide bonds. The van der Waals surface area contributed by atoms with E-state index in [9.17, 15) is 4.79 Å². The number of rotatable bonds is 2. The lowest BCUT2D eigenvalue weighted by molar-refractivity contribution is -0.119. The Hall–Kier alpha value is -1.31. The second-order valence-electron chi connectivity index (χ2n) is 4.63. The van der Waals surface area contributed by atoms with Gasteiger partial charge < -0.3 is 5.32 Å². The van der Waals surface area contributed by atoms with Crippen molar-refractivity contribution in [1.29, 1.82) is 0 Å². The Morgan fingerprint density at radius 1 is 1.40 bits per heavy atom. The molecule has 1 aliphatic rings. The summed E-state index contributed by atoms with van der Waals surface area (Å²) in [4.78, 5) is 11.8. The van der Waals surface area contributed by atoms with E-state index in [0.717, 1.165) is 17.7 Å². The van der Waals surface area contributed by atoms with E-state index in [1.165, 1.54) is 0 Å². The van der Waals surface area contributed by atoms with Crippen molar-refractivity contribution in [1.82, 2.24) is 0 Å². The minimum Gasteiger partial charge on any atom is -0.375 e. The van der Waals surface area contributed by atoms with Gasteiger partial charge in [0.1, 0.15) is 0 Å². The van der Waals surface area contributed by atoms with Gasteiger partial charge in [-0.25, -0.2) is 0 Å². The highest BCUT2D eigenvalue weighted by Crippen LogP contribution is 2.24. The molecule has 0 aliphatic carbocycles. The summed E-state index contributed by atoms with van der Waals surface area (Å²) in [7, 11) is 0. The van der Waals surface area contributed by atoms with E-state index < -0.39 is 0 Å². The molecule has 0 aromatic heterocycles. The number of Topliss-reactive ketones (excluding diaryl/α,β-unsaturated/α-hetero) is 1. The molecule has 0 unspecified atom stereocenters. The first-order chi connectivity index (χ1) is 7.16. The Bertz CT molecular complexity index is 371. The molecule has 1 aromatic rings. The van der Waals surface area contributed by atoms with Crippen molar-refractivity contribution in [3.8, 4) is 0 Å². The maximum absolute atomic E-state index is 11.8. The molecule has 2 heteroatoms. The maximum Gasteiger partial charge on any atom is 0.159 e. The molecular weight excluding hydrogens is 186 g/mol. The molecule has 1 atom stereocenters. The van der Waals surface area contributed by atoms with Crippen molar-refractivity contribution >= 4 is 11.5 Å². The molecular formula is C13H17NO. The highest BCUT2D eigenvalue weighted by molar-refractivity contribution is 5.92. The Balaban J connectivity index is 2.18. The van der Waals surface area contributed by atoms with E-state index >= 15 is 0 Å². The quantitative estimate of drug-likeness (QED) is 0.800. The van der Waals surface area contributed by atoms with Gasteiger partial charge in [0.2, 0.25) is 0 Å². The van der Waals surface area contributed by atoms with Crippen molar-refractivity contribution in [3.63, 3.8) is 0 Å². The fourth-order valence-corrected chi connectivity index (χ4v) is 2.06. The minimum atomic E-state index is 0.0138. The number of benzene rings is 1. The van der Waals surface area contributed by atoms with Gasteiger partial charge in [-0.1, -0.05) is 32.0 Å². The molecule has 1 N–H and O–H groups in total. The van der Waals surface area contributed by atoms with Crippen LogP contribution in [0.4, 0.5) is 5.69 Å². The molecule has 1 aromatic carbocycles. The predicted octanol–water partition coefficient (Wildman–Crippen LogP) is 2.64. The number of carbonyl (C=O) groups excluding carboxylic acids is 1. The van der Waals surface area contributed by atoms with Crippen LogP contribution in [0.3, 0.4) is 0 Å². The Morgan fingerprint density at radius 2 is 2.13 bits per heavy atom. The average Bonchev–Trinajstić information content (AvgIpc) is 2.18. The van der Waals surface area contributed by atoms with Gasteiger partial charge in [-0.3, -0.25) is 4.79 Å². The van der Waals surface area contributed by atoms with Crippen LogP contribution in [0.25, 0.3) is 0 Å². The molecule has 0 bridgehead atoms. The summed E-state index contributed by atoms with van der Waals surface area (Å²) < 4.78 is 0. The smallest absolute Gasteiger partial charge is 0.159 e. The van der Waals surface area contributed by atoms with Gasteiger partial charge in [0.25, 0.3) is 0 Å². The van der Waals surface area contributed by atoms with E-state index in [-0.39, 0.29) is 6.04 Å². The van der Waals surface area contributed by atoms with Crippen LogP contribution >= 0.6 is 0 Å². The van der Waals surface area contributed by atoms with E-state index in [1.807, 2.05) is 18.2 Å². The first-order valence-electron chi connectivity index (χ1n) is 5.54. The zero-order valence-corrected chi connectivity index (χ0v) is 9.29. The third-order valence-corrected chi connectivity index (χ3v) is 2.81. The molecule has 0 fully saturated rings. The second-order valence-corrected chi connectivity index (χ2v) is 4.63. The Kier molecular flexibility index (Phi) is 2.76. The molecule has 1 aliphatic heterocycles. The number of para-hydroxylation sites is 1. The summed E-state index contributed by atoms with van der Waals surface area (Å²) in [5.74, 6) is 0.874. The molecule has 0 saturated heterocycles. The number of carbonyl (C=O) groups is 1. The van der Waals surface area contributed by atoms with Crippen molar-refractivity contribution in [2.24, 2.45) is 5.92 Å². The van der Waals surface area contributed by atoms with Gasteiger partial charge in [0, 0.05) is 12.1 Å². The van der Waals surface area contributed by atoms with Gasteiger partial charge in [-0.2, -0.15) is 0 Å². The lowest BCUT2D eigenvalue weighted by Crippen LogP contribution is -2.36. The van der Waals surface area contributed by atoms with Gasteiger partial charge in [0.05, 0.1) is 6.04 Å². The normalized spacial score (nSPS) is 19.9. The van der Waals surface area contributed by atoms with Gasteiger partial charge in [-0.15, -0.1) is 0 Å². The van der Waals surface area contributed by atoms with Crippen molar-refractivity contribution in [2.75, 3.05) is 5.32 Å². The summed E-state index contributed by atoms with van der Waals surface area (Å²) in [5.41, 5.74) is 2.25. The molecule has 2 rings (SSSR count). The van der Waals surface area contributed by atoms with Crippen molar-refractivity contribution < 1.29 is 4.79 Å². The molecule has 15 heavy (non-hydrogen) atoms. The largest absolute Gasteiger partial charge is 0.375 e. The second kappa shape index (κ2) is 4.05. The highest BCUT2D eigenvalue weighted by Gasteiger charge is 2.25. The zero-order chi connectivity index (χ0) is 10.8. The Labute approximate surface area is 90.7 Å². The SMILES string of the molecule is CC(C)C[C@H]1Nc2ccccc2CC1=O. The maximum atomic E-state index is 11.8. The van der Waals surface area contributed by atoms with E-state index in [2.05, 4.69) is 25.2 Å². The topological polar surface area (TPSA) is 29.1 Å². The van der Waals surface area contributed by atoms with Crippen molar-refractivity contribution in [2.45, 2.75) is 32.7 Å². The standard InChI is InChI=1S/C13H17NO/c1-9(2)7-12-13(15)8-10-5-3-4-6-11(10)14-12/h3-6,9,12,14H,7-8H2,1-2H3/t12-/m1/s1. The third kappa shape index (κ3) is 2.20. The van der Waals surface area contributed by atoms with E-state index in [4.69, 9.17) is 0 Å². The first kappa shape index (κ1) is 10.2. The molecule has 0 spiro atoms. The summed E-state index contributed by atoms with van der Waals surface area (Å²) >= 11 is 0. The molecule has 0 saturated carbocycles. The van der Waals surface area contributed by atoms with Crippen LogP contribution in [0.15, 0.2) is 24.3 Å². The van der Waals surface area contributed by atoms with Crippen LogP contribution < -0.4 is 5.32 Å². The fraction of sp³-hybridized carbons (Fsp3) is 0.462. The number of nitrogens with one attached hydrogen (secondary N) is 1. The number of anilines is 1. The van der Waals surface area contributed by atoms with E-state index in [0.29, 0.717) is 18.1 Å². The van der Waals surface area contributed by atoms with Crippen LogP contribution in [0.5, 0.6) is 0 Å². The summed E-state index contributed by atoms with van der Waals surface area (Å²) in [6, 6.07) is 8.07. The molecule has 2 nitrogen and oxygen atoms in total. The minimum absolute atomic E-state index is 0.0138. The third-order valence-electron chi connectivity index (χ3n) is 2.81.